The second-order valence-corrected chi connectivity index (χ2v) is 6.24. The van der Waals surface area contributed by atoms with Crippen molar-refractivity contribution in [1.29, 1.82) is 0 Å². The molecule has 136 valence electrons. The van der Waals surface area contributed by atoms with E-state index < -0.39 is 5.82 Å². The summed E-state index contributed by atoms with van der Waals surface area (Å²) in [5, 5.41) is 0.339. The third kappa shape index (κ3) is 4.84. The van der Waals surface area contributed by atoms with E-state index in [1.54, 1.807) is 41.3 Å². The summed E-state index contributed by atoms with van der Waals surface area (Å²) >= 11 is 5.98. The third-order valence-corrected chi connectivity index (χ3v) is 4.42. The standard InChI is InChI=1S/C20H19ClFNO3/c21-18-2-1-3-19(22)17(18)14-26-16-7-4-15(5-8-16)6-9-20(24)23-10-12-25-13-11-23/h1-9H,10-14H2/b9-6+. The van der Waals surface area contributed by atoms with Crippen LogP contribution in [0.15, 0.2) is 48.5 Å². The molecule has 6 heteroatoms. The Hall–Kier alpha value is -2.37. The lowest BCUT2D eigenvalue weighted by Gasteiger charge is -2.25. The maximum atomic E-state index is 13.7. The quantitative estimate of drug-likeness (QED) is 0.743. The van der Waals surface area contributed by atoms with Gasteiger partial charge in [0.15, 0.2) is 0 Å². The van der Waals surface area contributed by atoms with Crippen molar-refractivity contribution >= 4 is 23.6 Å². The van der Waals surface area contributed by atoms with E-state index in [1.807, 2.05) is 12.1 Å². The molecule has 1 aliphatic rings. The van der Waals surface area contributed by atoms with Crippen molar-refractivity contribution in [3.8, 4) is 5.75 Å². The number of nitrogens with zero attached hydrogens (tertiary/aromatic N) is 1. The summed E-state index contributed by atoms with van der Waals surface area (Å²) in [6, 6.07) is 11.7. The molecule has 0 atom stereocenters. The molecule has 4 nitrogen and oxygen atoms in total. The number of carbonyl (C=O) groups excluding carboxylic acids is 1. The first-order valence-corrected chi connectivity index (χ1v) is 8.72. The van der Waals surface area contributed by atoms with Gasteiger partial charge in [0, 0.05) is 24.7 Å². The molecule has 0 bridgehead atoms. The van der Waals surface area contributed by atoms with Crippen molar-refractivity contribution < 1.29 is 18.7 Å². The van der Waals surface area contributed by atoms with Gasteiger partial charge >= 0.3 is 0 Å². The van der Waals surface area contributed by atoms with Crippen LogP contribution < -0.4 is 4.74 Å². The number of carbonyl (C=O) groups is 1. The van der Waals surface area contributed by atoms with E-state index in [1.165, 1.54) is 6.07 Å². The van der Waals surface area contributed by atoms with Crippen LogP contribution in [0.1, 0.15) is 11.1 Å². The van der Waals surface area contributed by atoms with Crippen LogP contribution in [0.25, 0.3) is 6.08 Å². The predicted octanol–water partition coefficient (Wildman–Crippen LogP) is 3.93. The molecule has 0 N–H and O–H groups in total. The molecular weight excluding hydrogens is 357 g/mol. The summed E-state index contributed by atoms with van der Waals surface area (Å²) in [6.07, 6.45) is 3.32. The van der Waals surface area contributed by atoms with E-state index in [0.29, 0.717) is 42.6 Å². The topological polar surface area (TPSA) is 38.8 Å². The molecule has 2 aromatic rings. The Kier molecular flexibility index (Phi) is 6.26. The van der Waals surface area contributed by atoms with Gasteiger partial charge in [-0.1, -0.05) is 29.8 Å². The Labute approximate surface area is 156 Å². The smallest absolute Gasteiger partial charge is 0.246 e. The fourth-order valence-corrected chi connectivity index (χ4v) is 2.78. The van der Waals surface area contributed by atoms with Gasteiger partial charge in [0.1, 0.15) is 18.2 Å². The molecule has 1 amide bonds. The Morgan fingerprint density at radius 1 is 1.19 bits per heavy atom. The Morgan fingerprint density at radius 3 is 2.62 bits per heavy atom. The molecule has 0 saturated carbocycles. The number of rotatable bonds is 5. The average Bonchev–Trinajstić information content (AvgIpc) is 2.67. The number of benzene rings is 2. The second kappa shape index (κ2) is 8.83. The zero-order valence-electron chi connectivity index (χ0n) is 14.2. The first-order valence-electron chi connectivity index (χ1n) is 8.34. The molecule has 3 rings (SSSR count). The van der Waals surface area contributed by atoms with Crippen molar-refractivity contribution in [1.82, 2.24) is 4.90 Å². The van der Waals surface area contributed by atoms with Crippen LogP contribution >= 0.6 is 11.6 Å². The number of hydrogen-bond acceptors (Lipinski definition) is 3. The second-order valence-electron chi connectivity index (χ2n) is 5.83. The van der Waals surface area contributed by atoms with Crippen molar-refractivity contribution in [3.63, 3.8) is 0 Å². The van der Waals surface area contributed by atoms with E-state index >= 15 is 0 Å². The zero-order chi connectivity index (χ0) is 18.4. The van der Waals surface area contributed by atoms with Gasteiger partial charge in [-0.2, -0.15) is 0 Å². The molecule has 0 unspecified atom stereocenters. The highest BCUT2D eigenvalue weighted by Gasteiger charge is 2.13. The molecule has 1 saturated heterocycles. The Balaban J connectivity index is 1.56. The van der Waals surface area contributed by atoms with Gasteiger partial charge in [0.2, 0.25) is 5.91 Å². The zero-order valence-corrected chi connectivity index (χ0v) is 14.9. The van der Waals surface area contributed by atoms with Crippen LogP contribution in [0, 0.1) is 5.82 Å². The SMILES string of the molecule is O=C(/C=C/c1ccc(OCc2c(F)cccc2Cl)cc1)N1CCOCC1. The third-order valence-electron chi connectivity index (χ3n) is 4.07. The number of halogens is 2. The van der Waals surface area contributed by atoms with E-state index in [2.05, 4.69) is 0 Å². The van der Waals surface area contributed by atoms with Crippen molar-refractivity contribution in [2.75, 3.05) is 26.3 Å². The average molecular weight is 376 g/mol. The van der Waals surface area contributed by atoms with E-state index in [4.69, 9.17) is 21.1 Å². The number of amides is 1. The van der Waals surface area contributed by atoms with Crippen molar-refractivity contribution in [3.05, 3.63) is 70.5 Å². The van der Waals surface area contributed by atoms with Crippen LogP contribution in [0.4, 0.5) is 4.39 Å². The fraction of sp³-hybridized carbons (Fsp3) is 0.250. The maximum absolute atomic E-state index is 13.7. The molecule has 0 radical (unpaired) electrons. The molecular formula is C20H19ClFNO3. The summed E-state index contributed by atoms with van der Waals surface area (Å²) in [5.74, 6) is 0.183. The maximum Gasteiger partial charge on any atom is 0.246 e. The molecule has 1 aliphatic heterocycles. The lowest BCUT2D eigenvalue weighted by atomic mass is 10.2. The summed E-state index contributed by atoms with van der Waals surface area (Å²) in [5.41, 5.74) is 1.21. The van der Waals surface area contributed by atoms with Crippen LogP contribution in [-0.4, -0.2) is 37.1 Å². The number of hydrogen-bond donors (Lipinski definition) is 0. The summed E-state index contributed by atoms with van der Waals surface area (Å²) < 4.78 is 24.6. The lowest BCUT2D eigenvalue weighted by Crippen LogP contribution is -2.39. The first kappa shape index (κ1) is 18.4. The highest BCUT2D eigenvalue weighted by Crippen LogP contribution is 2.22. The summed E-state index contributed by atoms with van der Waals surface area (Å²) in [7, 11) is 0. The minimum atomic E-state index is -0.390. The number of ether oxygens (including phenoxy) is 2. The van der Waals surface area contributed by atoms with E-state index in [-0.39, 0.29) is 12.5 Å². The minimum Gasteiger partial charge on any atom is -0.489 e. The predicted molar refractivity (Wildman–Crippen MR) is 98.6 cm³/mol. The van der Waals surface area contributed by atoms with Crippen LogP contribution in [0.5, 0.6) is 5.75 Å². The molecule has 0 aromatic heterocycles. The highest BCUT2D eigenvalue weighted by atomic mass is 35.5. The van der Waals surface area contributed by atoms with E-state index in [9.17, 15) is 9.18 Å². The van der Waals surface area contributed by atoms with Crippen LogP contribution in [0.3, 0.4) is 0 Å². The van der Waals surface area contributed by atoms with Crippen LogP contribution in [0.2, 0.25) is 5.02 Å². The van der Waals surface area contributed by atoms with E-state index in [0.717, 1.165) is 5.56 Å². The Bertz CT molecular complexity index is 766. The fourth-order valence-electron chi connectivity index (χ4n) is 2.56. The summed E-state index contributed by atoms with van der Waals surface area (Å²) in [6.45, 7) is 2.45. The van der Waals surface area contributed by atoms with Gasteiger partial charge in [-0.15, -0.1) is 0 Å². The number of morpholine rings is 1. The normalized spacial score (nSPS) is 14.6. The van der Waals surface area contributed by atoms with Crippen molar-refractivity contribution in [2.45, 2.75) is 6.61 Å². The van der Waals surface area contributed by atoms with Gasteiger partial charge in [-0.25, -0.2) is 4.39 Å². The van der Waals surface area contributed by atoms with Gasteiger partial charge in [-0.3, -0.25) is 4.79 Å². The molecule has 0 spiro atoms. The van der Waals surface area contributed by atoms with Gasteiger partial charge in [0.25, 0.3) is 0 Å². The lowest BCUT2D eigenvalue weighted by molar-refractivity contribution is -0.129. The van der Waals surface area contributed by atoms with Gasteiger partial charge < -0.3 is 14.4 Å². The van der Waals surface area contributed by atoms with Crippen LogP contribution in [-0.2, 0) is 16.1 Å². The van der Waals surface area contributed by atoms with Gasteiger partial charge in [-0.05, 0) is 35.9 Å². The summed E-state index contributed by atoms with van der Waals surface area (Å²) in [4.78, 5) is 13.8. The largest absolute Gasteiger partial charge is 0.489 e. The molecule has 2 aromatic carbocycles. The highest BCUT2D eigenvalue weighted by molar-refractivity contribution is 6.31. The molecule has 26 heavy (non-hydrogen) atoms. The van der Waals surface area contributed by atoms with Gasteiger partial charge in [0.05, 0.1) is 18.2 Å². The first-order chi connectivity index (χ1) is 12.6. The minimum absolute atomic E-state index is 0.0252. The molecule has 1 fully saturated rings. The molecule has 1 heterocycles. The molecule has 0 aliphatic carbocycles. The monoisotopic (exact) mass is 375 g/mol. The van der Waals surface area contributed by atoms with Crippen molar-refractivity contribution in [2.24, 2.45) is 0 Å². The Morgan fingerprint density at radius 2 is 1.92 bits per heavy atom.